The Kier molecular flexibility index (Phi) is 16.6. The molecule has 0 amide bonds. The molecule has 0 aromatic rings. The highest BCUT2D eigenvalue weighted by atomic mass is 31.2. The molecule has 2 aliphatic rings. The van der Waals surface area contributed by atoms with E-state index >= 15 is 0 Å². The topological polar surface area (TPSA) is 51.2 Å². The van der Waals surface area contributed by atoms with Crippen molar-refractivity contribution >= 4 is 7.67 Å². The molecule has 0 atom stereocenters. The number of nitrogens with zero attached hydrogens (tertiary/aromatic N) is 2. The molecule has 0 aromatic carbocycles. The third kappa shape index (κ3) is 9.71. The molecule has 2 saturated heterocycles. The van der Waals surface area contributed by atoms with Crippen LogP contribution < -0.4 is 0 Å². The lowest BCUT2D eigenvalue weighted by atomic mass is 9.85. The number of alkyl halides is 21. The lowest BCUT2D eigenvalue weighted by Crippen LogP contribution is -2.76. The van der Waals surface area contributed by atoms with Gasteiger partial charge in [-0.2, -0.15) is 92.2 Å². The highest BCUT2D eigenvalue weighted by Gasteiger charge is 2.97. The van der Waals surface area contributed by atoms with E-state index in [9.17, 15) is 96.8 Å². The van der Waals surface area contributed by atoms with Gasteiger partial charge < -0.3 is 14.0 Å². The van der Waals surface area contributed by atoms with Gasteiger partial charge in [-0.15, -0.1) is 0 Å². The summed E-state index contributed by atoms with van der Waals surface area (Å²) in [6.45, 7) is 3.13. The highest BCUT2D eigenvalue weighted by Crippen LogP contribution is 2.66. The quantitative estimate of drug-likeness (QED) is 0.0578. The van der Waals surface area contributed by atoms with E-state index in [1.807, 2.05) is 0 Å². The molecular weight excluding hydrogens is 870 g/mol. The number of unbranched alkanes of at least 4 members (excludes halogenated alkanes) is 8. The fourth-order valence-corrected chi connectivity index (χ4v) is 7.96. The average molecular weight is 909 g/mol. The Morgan fingerprint density at radius 1 is 0.404 bits per heavy atom. The first kappa shape index (κ1) is 51.7. The van der Waals surface area contributed by atoms with Gasteiger partial charge in [-0.25, -0.2) is 9.34 Å². The van der Waals surface area contributed by atoms with Crippen LogP contribution in [0.4, 0.5) is 92.2 Å². The zero-order chi connectivity index (χ0) is 44.2. The Labute approximate surface area is 311 Å². The highest BCUT2D eigenvalue weighted by molar-refractivity contribution is 7.54. The van der Waals surface area contributed by atoms with Crippen LogP contribution >= 0.6 is 7.67 Å². The molecular formula is C29H38F21N2O4P. The summed E-state index contributed by atoms with van der Waals surface area (Å²) >= 11 is 0. The predicted octanol–water partition coefficient (Wildman–Crippen LogP) is 11.0. The van der Waals surface area contributed by atoms with Crippen LogP contribution in [0.3, 0.4) is 0 Å². The maximum atomic E-state index is 14.2. The minimum absolute atomic E-state index is 0.101. The van der Waals surface area contributed by atoms with Crippen molar-refractivity contribution in [1.82, 2.24) is 9.34 Å². The van der Waals surface area contributed by atoms with Crippen LogP contribution in [-0.4, -0.2) is 128 Å². The summed E-state index contributed by atoms with van der Waals surface area (Å²) in [6.07, 6.45) is -9.80. The molecule has 340 valence electrons. The molecule has 0 bridgehead atoms. The van der Waals surface area contributed by atoms with Crippen molar-refractivity contribution in [2.75, 3.05) is 59.2 Å². The number of ether oxygens (including phenoxy) is 2. The Balaban J connectivity index is 1.91. The summed E-state index contributed by atoms with van der Waals surface area (Å²) < 4.78 is 318. The zero-order valence-corrected chi connectivity index (χ0v) is 30.2. The molecule has 2 fully saturated rings. The van der Waals surface area contributed by atoms with Crippen LogP contribution in [0.5, 0.6) is 0 Å². The first-order valence-corrected chi connectivity index (χ1v) is 18.6. The second-order valence-corrected chi connectivity index (χ2v) is 15.6. The largest absolute Gasteiger partial charge is 0.460 e. The third-order valence-electron chi connectivity index (χ3n) is 9.16. The standard InChI is InChI=1S/C29H38F21N2O4P/c30-20(31,10-8-6-4-2-1-3-5-7-9-15-56-57(53,51-11-16-54-17-12-51)52-13-18-55-19-14-52)21(32,33)22(34,35)23(36,37)24(38,39)25(40,41)26(42,43)27(44,45)28(46,47)29(48,49)50/h1-19H2. The summed E-state index contributed by atoms with van der Waals surface area (Å²) in [4.78, 5) is 0. The zero-order valence-electron chi connectivity index (χ0n) is 29.3. The van der Waals surface area contributed by atoms with Gasteiger partial charge in [0.1, 0.15) is 0 Å². The molecule has 0 aliphatic carbocycles. The second kappa shape index (κ2) is 18.3. The van der Waals surface area contributed by atoms with Crippen molar-refractivity contribution in [3.05, 3.63) is 0 Å². The minimum atomic E-state index is -9.17. The van der Waals surface area contributed by atoms with Gasteiger partial charge in [-0.3, -0.25) is 4.57 Å². The SMILES string of the molecule is O=P(OCCCCCCCCCCCC(F)(F)C(F)(F)C(F)(F)C(F)(F)C(F)(F)C(F)(F)C(F)(F)C(F)(F)C(F)(F)C(F)(F)F)(N1CCOCC1)N1CCOCC1. The third-order valence-corrected chi connectivity index (χ3v) is 11.9. The van der Waals surface area contributed by atoms with Crippen molar-refractivity contribution in [3.63, 3.8) is 0 Å². The molecule has 6 nitrogen and oxygen atoms in total. The first-order valence-electron chi connectivity index (χ1n) is 17.0. The van der Waals surface area contributed by atoms with Gasteiger partial charge in [0.15, 0.2) is 0 Å². The van der Waals surface area contributed by atoms with Crippen molar-refractivity contribution in [3.8, 4) is 0 Å². The van der Waals surface area contributed by atoms with E-state index < -0.39 is 86.4 Å². The normalized spacial score (nSPS) is 19.0. The van der Waals surface area contributed by atoms with Gasteiger partial charge in [-0.05, 0) is 12.8 Å². The lowest BCUT2D eigenvalue weighted by Gasteiger charge is -2.44. The smallest absolute Gasteiger partial charge is 0.379 e. The summed E-state index contributed by atoms with van der Waals surface area (Å²) in [5.41, 5.74) is 0. The molecule has 0 N–H and O–H groups in total. The molecule has 2 heterocycles. The van der Waals surface area contributed by atoms with E-state index in [1.54, 1.807) is 9.34 Å². The second-order valence-electron chi connectivity index (χ2n) is 13.2. The lowest BCUT2D eigenvalue weighted by molar-refractivity contribution is -0.474. The van der Waals surface area contributed by atoms with Gasteiger partial charge >= 0.3 is 67.1 Å². The van der Waals surface area contributed by atoms with E-state index in [0.717, 1.165) is 0 Å². The van der Waals surface area contributed by atoms with Crippen molar-refractivity contribution < 1.29 is 111 Å². The molecule has 0 saturated carbocycles. The average Bonchev–Trinajstić information content (AvgIpc) is 3.11. The van der Waals surface area contributed by atoms with Crippen molar-refractivity contribution in [2.45, 2.75) is 124 Å². The molecule has 57 heavy (non-hydrogen) atoms. The van der Waals surface area contributed by atoms with Gasteiger partial charge in [0.25, 0.3) is 0 Å². The van der Waals surface area contributed by atoms with Crippen LogP contribution in [0.15, 0.2) is 0 Å². The summed E-state index contributed by atoms with van der Waals surface area (Å²) in [5, 5.41) is 0. The number of hydrogen-bond acceptors (Lipinski definition) is 4. The molecule has 2 rings (SSSR count). The summed E-state index contributed by atoms with van der Waals surface area (Å²) in [6, 6.07) is 0. The molecule has 0 spiro atoms. The van der Waals surface area contributed by atoms with Gasteiger partial charge in [-0.1, -0.05) is 44.9 Å². The number of hydrogen-bond donors (Lipinski definition) is 0. The Morgan fingerprint density at radius 3 is 1.02 bits per heavy atom. The molecule has 28 heteroatoms. The number of rotatable bonds is 23. The maximum absolute atomic E-state index is 14.2. The van der Waals surface area contributed by atoms with Crippen LogP contribution in [0.25, 0.3) is 0 Å². The molecule has 0 aromatic heterocycles. The Hall–Kier alpha value is -1.44. The van der Waals surface area contributed by atoms with Crippen molar-refractivity contribution in [2.24, 2.45) is 0 Å². The fraction of sp³-hybridized carbons (Fsp3) is 1.00. The number of halogens is 21. The van der Waals surface area contributed by atoms with Gasteiger partial charge in [0.05, 0.1) is 33.0 Å². The maximum Gasteiger partial charge on any atom is 0.460 e. The Morgan fingerprint density at radius 2 is 0.684 bits per heavy atom. The molecule has 0 radical (unpaired) electrons. The number of morpholine rings is 2. The first-order chi connectivity index (χ1) is 25.7. The van der Waals surface area contributed by atoms with Crippen LogP contribution in [0.2, 0.25) is 0 Å². The Bertz CT molecular complexity index is 1300. The predicted molar refractivity (Wildman–Crippen MR) is 155 cm³/mol. The van der Waals surface area contributed by atoms with Gasteiger partial charge in [0.2, 0.25) is 0 Å². The monoisotopic (exact) mass is 908 g/mol. The van der Waals surface area contributed by atoms with Crippen molar-refractivity contribution in [1.29, 1.82) is 0 Å². The van der Waals surface area contributed by atoms with E-state index in [0.29, 0.717) is 84.7 Å². The van der Waals surface area contributed by atoms with Crippen LogP contribution in [-0.2, 0) is 18.6 Å². The van der Waals surface area contributed by atoms with E-state index in [1.165, 1.54) is 0 Å². The van der Waals surface area contributed by atoms with E-state index in [2.05, 4.69) is 0 Å². The molecule has 2 aliphatic heterocycles. The molecule has 0 unspecified atom stereocenters. The van der Waals surface area contributed by atoms with E-state index in [-0.39, 0.29) is 19.4 Å². The van der Waals surface area contributed by atoms with Crippen LogP contribution in [0, 0.1) is 0 Å². The van der Waals surface area contributed by atoms with E-state index in [4.69, 9.17) is 14.0 Å². The fourth-order valence-electron chi connectivity index (χ4n) is 5.57. The summed E-state index contributed by atoms with van der Waals surface area (Å²) in [7, 11) is -3.37. The summed E-state index contributed by atoms with van der Waals surface area (Å²) in [5.74, 6) is -76.6. The minimum Gasteiger partial charge on any atom is -0.379 e. The van der Waals surface area contributed by atoms with Gasteiger partial charge in [0, 0.05) is 32.6 Å². The van der Waals surface area contributed by atoms with Crippen LogP contribution in [0.1, 0.15) is 64.2 Å².